The zero-order chi connectivity index (χ0) is 19.3. The number of aromatic hydroxyl groups is 1. The van der Waals surface area contributed by atoms with Crippen LogP contribution in [0, 0.1) is 11.3 Å². The van der Waals surface area contributed by atoms with Crippen LogP contribution >= 0.6 is 10.9 Å². The molecule has 0 saturated heterocycles. The number of nitrogens with zero attached hydrogens (tertiary/aromatic N) is 2. The molecule has 0 spiro atoms. The molecule has 1 rings (SSSR count). The van der Waals surface area contributed by atoms with Crippen LogP contribution in [-0.4, -0.2) is 55.7 Å². The quantitative estimate of drug-likeness (QED) is 0.145. The second kappa shape index (κ2) is 8.11. The largest absolute Gasteiger partial charge is 0.506 e. The Morgan fingerprint density at radius 2 is 1.88 bits per heavy atom. The number of nitrogens with one attached hydrogen (secondary N) is 2. The van der Waals surface area contributed by atoms with Crippen molar-refractivity contribution in [1.29, 1.82) is 5.26 Å². The molecular weight excluding hydrogens is 380 g/mol. The second-order valence-electron chi connectivity index (χ2n) is 4.42. The van der Waals surface area contributed by atoms with Crippen LogP contribution in [0.3, 0.4) is 0 Å². The number of carbonyl (C=O) groups excluding carboxylic acids is 1. The van der Waals surface area contributed by atoms with E-state index in [9.17, 15) is 18.3 Å². The molecule has 0 aliphatic heterocycles. The summed E-state index contributed by atoms with van der Waals surface area (Å²) >= 11 is 0. The fourth-order valence-corrected chi connectivity index (χ4v) is 2.28. The molecule has 1 aromatic rings. The number of hydrazone groups is 1. The number of benzene rings is 1. The van der Waals surface area contributed by atoms with Crippen molar-refractivity contribution in [3.8, 4) is 11.8 Å². The molecule has 0 fully saturated rings. The van der Waals surface area contributed by atoms with E-state index in [1.54, 1.807) is 0 Å². The van der Waals surface area contributed by atoms with E-state index in [0.717, 1.165) is 18.2 Å². The molecule has 0 aromatic heterocycles. The summed E-state index contributed by atoms with van der Waals surface area (Å²) in [7, 11) is -8.34. The van der Waals surface area contributed by atoms with Crippen molar-refractivity contribution >= 4 is 38.3 Å². The van der Waals surface area contributed by atoms with E-state index in [1.165, 1.54) is 6.07 Å². The number of hydrogen-bond donors (Lipinski definition) is 7. The molecule has 0 aliphatic carbocycles. The monoisotopic (exact) mass is 394 g/mol. The van der Waals surface area contributed by atoms with E-state index in [2.05, 4.69) is 10.5 Å². The molecule has 0 heterocycles. The van der Waals surface area contributed by atoms with E-state index in [-0.39, 0.29) is 10.6 Å². The molecular formula is C11H14N4O8S2. The summed E-state index contributed by atoms with van der Waals surface area (Å²) < 4.78 is 57.0. The molecule has 7 N–H and O–H groups in total. The van der Waals surface area contributed by atoms with Crippen LogP contribution in [0.1, 0.15) is 0 Å². The van der Waals surface area contributed by atoms with Crippen molar-refractivity contribution in [2.75, 3.05) is 17.7 Å². The Morgan fingerprint density at radius 3 is 2.40 bits per heavy atom. The number of rotatable bonds is 7. The van der Waals surface area contributed by atoms with Crippen LogP contribution in [0.2, 0.25) is 0 Å². The van der Waals surface area contributed by atoms with Crippen LogP contribution in [0.4, 0.5) is 5.69 Å². The van der Waals surface area contributed by atoms with Gasteiger partial charge in [0.25, 0.3) is 16.0 Å². The third-order valence-electron chi connectivity index (χ3n) is 2.54. The minimum absolute atomic E-state index is 0.245. The van der Waals surface area contributed by atoms with Crippen LogP contribution in [0.15, 0.2) is 28.2 Å². The topological polar surface area (TPSA) is 213 Å². The van der Waals surface area contributed by atoms with E-state index in [4.69, 9.17) is 23.5 Å². The van der Waals surface area contributed by atoms with Gasteiger partial charge in [-0.05, 0) is 18.2 Å². The van der Waals surface area contributed by atoms with Gasteiger partial charge in [0.2, 0.25) is 5.71 Å². The van der Waals surface area contributed by atoms with Gasteiger partial charge in [0, 0.05) is 6.54 Å². The molecule has 0 atom stereocenters. The highest BCUT2D eigenvalue weighted by molar-refractivity contribution is 8.19. The molecule has 0 bridgehead atoms. The normalized spacial score (nSPS) is 13.0. The lowest BCUT2D eigenvalue weighted by Gasteiger charge is -2.19. The third kappa shape index (κ3) is 6.93. The molecule has 1 aromatic carbocycles. The van der Waals surface area contributed by atoms with Crippen LogP contribution in [0.25, 0.3) is 0 Å². The Balaban J connectivity index is 2.87. The van der Waals surface area contributed by atoms with Gasteiger partial charge in [-0.1, -0.05) is 0 Å². The predicted octanol–water partition coefficient (Wildman–Crippen LogP) is 0.270. The van der Waals surface area contributed by atoms with Crippen LogP contribution in [-0.2, 0) is 14.9 Å². The van der Waals surface area contributed by atoms with Gasteiger partial charge < -0.3 is 24.1 Å². The molecule has 25 heavy (non-hydrogen) atoms. The lowest BCUT2D eigenvalue weighted by molar-refractivity contribution is -0.114. The van der Waals surface area contributed by atoms with Crippen LogP contribution < -0.4 is 10.7 Å². The average molecular weight is 394 g/mol. The van der Waals surface area contributed by atoms with E-state index < -0.39 is 50.7 Å². The molecule has 0 radical (unpaired) electrons. The van der Waals surface area contributed by atoms with Crippen molar-refractivity contribution in [2.45, 2.75) is 4.90 Å². The molecule has 12 nitrogen and oxygen atoms in total. The van der Waals surface area contributed by atoms with Gasteiger partial charge in [0.05, 0.1) is 16.3 Å². The zero-order valence-corrected chi connectivity index (χ0v) is 14.0. The highest BCUT2D eigenvalue weighted by atomic mass is 32.3. The Hall–Kier alpha value is -2.41. The van der Waals surface area contributed by atoms with Crippen molar-refractivity contribution in [3.05, 3.63) is 18.2 Å². The summed E-state index contributed by atoms with van der Waals surface area (Å²) in [5.74, 6) is -2.25. The zero-order valence-electron chi connectivity index (χ0n) is 12.3. The number of carbonyl (C=O) groups is 1. The molecule has 138 valence electrons. The fourth-order valence-electron chi connectivity index (χ4n) is 1.39. The minimum atomic E-state index is -4.29. The molecule has 0 aliphatic rings. The second-order valence-corrected chi connectivity index (χ2v) is 7.50. The van der Waals surface area contributed by atoms with Gasteiger partial charge in [0.1, 0.15) is 22.7 Å². The Morgan fingerprint density at radius 1 is 1.24 bits per heavy atom. The first-order valence-electron chi connectivity index (χ1n) is 6.25. The first-order valence-corrected chi connectivity index (χ1v) is 9.36. The first kappa shape index (κ1) is 20.6. The third-order valence-corrected chi connectivity index (χ3v) is 4.15. The van der Waals surface area contributed by atoms with Gasteiger partial charge in [-0.3, -0.25) is 14.8 Å². The number of hydrogen-bond acceptors (Lipinski definition) is 10. The predicted molar refractivity (Wildman–Crippen MR) is 87.9 cm³/mol. The SMILES string of the molecule is N#CC(=NNc1cc(S(O)(O)O)ccc1O)C(=O)NCCS(=O)(=O)O. The Bertz CT molecular complexity index is 825. The van der Waals surface area contributed by atoms with E-state index in [1.807, 2.05) is 5.32 Å². The van der Waals surface area contributed by atoms with E-state index in [0.29, 0.717) is 0 Å². The number of phenolic OH excluding ortho intramolecular Hbond substituents is 1. The summed E-state index contributed by atoms with van der Waals surface area (Å²) in [6.45, 7) is -0.468. The van der Waals surface area contributed by atoms with Crippen molar-refractivity contribution < 1.29 is 36.5 Å². The fraction of sp³-hybridized carbons (Fsp3) is 0.182. The van der Waals surface area contributed by atoms with Crippen LogP contribution in [0.5, 0.6) is 5.75 Å². The lowest BCUT2D eigenvalue weighted by atomic mass is 10.3. The summed E-state index contributed by atoms with van der Waals surface area (Å²) in [4.78, 5) is 11.3. The Labute approximate surface area is 143 Å². The average Bonchev–Trinajstić information content (AvgIpc) is 2.47. The number of nitriles is 1. The first-order chi connectivity index (χ1) is 11.4. The van der Waals surface area contributed by atoms with Crippen molar-refractivity contribution in [2.24, 2.45) is 5.10 Å². The van der Waals surface area contributed by atoms with Gasteiger partial charge >= 0.3 is 0 Å². The number of phenols is 1. The summed E-state index contributed by atoms with van der Waals surface area (Å²) in [6.07, 6.45) is 0. The minimum Gasteiger partial charge on any atom is -0.506 e. The highest BCUT2D eigenvalue weighted by Gasteiger charge is 2.18. The standard InChI is InChI=1S/C11H14N4O8S2/c12-6-9(11(17)13-3-4-24(18,19)20)15-14-8-5-7(25(21,22)23)1-2-10(8)16/h1-2,5,14,16,21-23H,3-4H2,(H,13,17)(H,18,19,20). The molecule has 0 unspecified atom stereocenters. The lowest BCUT2D eigenvalue weighted by Crippen LogP contribution is -2.34. The van der Waals surface area contributed by atoms with Crippen molar-refractivity contribution in [1.82, 2.24) is 5.32 Å². The van der Waals surface area contributed by atoms with E-state index >= 15 is 0 Å². The summed E-state index contributed by atoms with van der Waals surface area (Å²) in [6, 6.07) is 4.40. The molecule has 14 heteroatoms. The Kier molecular flexibility index (Phi) is 6.70. The number of amides is 1. The van der Waals surface area contributed by atoms with Gasteiger partial charge in [-0.15, -0.1) is 0 Å². The number of anilines is 1. The smallest absolute Gasteiger partial charge is 0.282 e. The summed E-state index contributed by atoms with van der Waals surface area (Å²) in [5.41, 5.74) is 1.15. The van der Waals surface area contributed by atoms with Gasteiger partial charge in [0.15, 0.2) is 0 Å². The van der Waals surface area contributed by atoms with Gasteiger partial charge in [-0.25, -0.2) is 0 Å². The summed E-state index contributed by atoms with van der Waals surface area (Å²) in [5, 5.41) is 23.9. The maximum absolute atomic E-state index is 11.6. The maximum atomic E-state index is 11.6. The van der Waals surface area contributed by atoms with Gasteiger partial charge in [-0.2, -0.15) is 18.8 Å². The van der Waals surface area contributed by atoms with Crippen molar-refractivity contribution in [3.63, 3.8) is 0 Å². The maximum Gasteiger partial charge on any atom is 0.282 e. The molecule has 0 saturated carbocycles. The highest BCUT2D eigenvalue weighted by Crippen LogP contribution is 2.45. The molecule has 1 amide bonds.